The molecule has 1 aliphatic carbocycles. The molecule has 0 amide bonds. The molecule has 2 aliphatic rings. The molecular weight excluding hydrogens is 286 g/mol. The molecule has 3 rings (SSSR count). The van der Waals surface area contributed by atoms with Crippen LogP contribution in [0.25, 0.3) is 0 Å². The van der Waals surface area contributed by atoms with Crippen molar-refractivity contribution < 1.29 is 9.47 Å². The van der Waals surface area contributed by atoms with Gasteiger partial charge in [-0.1, -0.05) is 44.7 Å². The number of fused-ring (bicyclic) bond motifs is 1. The van der Waals surface area contributed by atoms with Crippen molar-refractivity contribution in [2.45, 2.75) is 57.5 Å². The lowest BCUT2D eigenvalue weighted by Crippen LogP contribution is -2.30. The number of ether oxygens (including phenoxy) is 2. The van der Waals surface area contributed by atoms with Gasteiger partial charge in [-0.15, -0.1) is 0 Å². The summed E-state index contributed by atoms with van der Waals surface area (Å²) < 4.78 is 11.2. The molecule has 0 bridgehead atoms. The van der Waals surface area contributed by atoms with Gasteiger partial charge in [-0.2, -0.15) is 0 Å². The Hall–Kier alpha value is -1.64. The van der Waals surface area contributed by atoms with Crippen LogP contribution < -0.4 is 10.1 Å². The summed E-state index contributed by atoms with van der Waals surface area (Å²) in [6.07, 6.45) is 10.2. The molecule has 3 heteroatoms. The second-order valence-electron chi connectivity index (χ2n) is 6.94. The van der Waals surface area contributed by atoms with Crippen LogP contribution in [0.3, 0.4) is 0 Å². The Bertz CT molecular complexity index is 534. The molecule has 0 radical (unpaired) electrons. The maximum Gasteiger partial charge on any atom is 0.142 e. The van der Waals surface area contributed by atoms with E-state index in [1.807, 2.05) is 0 Å². The van der Waals surface area contributed by atoms with Gasteiger partial charge in [0.1, 0.15) is 11.9 Å². The fraction of sp³-hybridized carbons (Fsp3) is 0.600. The molecule has 0 aromatic heterocycles. The van der Waals surface area contributed by atoms with Gasteiger partial charge in [0.15, 0.2) is 0 Å². The van der Waals surface area contributed by atoms with Gasteiger partial charge in [0, 0.05) is 6.42 Å². The van der Waals surface area contributed by atoms with Gasteiger partial charge in [0.05, 0.1) is 25.1 Å². The number of anilines is 1. The molecule has 0 unspecified atom stereocenters. The fourth-order valence-electron chi connectivity index (χ4n) is 3.70. The highest BCUT2D eigenvalue weighted by atomic mass is 16.5. The monoisotopic (exact) mass is 315 g/mol. The Kier molecular flexibility index (Phi) is 5.47. The van der Waals surface area contributed by atoms with Gasteiger partial charge in [-0.05, 0) is 36.5 Å². The molecule has 126 valence electrons. The van der Waals surface area contributed by atoms with E-state index in [0.29, 0.717) is 0 Å². The number of nitrogens with one attached hydrogen (secondary N) is 1. The van der Waals surface area contributed by atoms with E-state index in [1.54, 1.807) is 7.11 Å². The highest BCUT2D eigenvalue weighted by molar-refractivity contribution is 5.59. The normalized spacial score (nSPS) is 21.0. The molecule has 1 aromatic rings. The Morgan fingerprint density at radius 3 is 2.91 bits per heavy atom. The van der Waals surface area contributed by atoms with Crippen LogP contribution in [0.2, 0.25) is 0 Å². The van der Waals surface area contributed by atoms with Crippen molar-refractivity contribution in [1.29, 1.82) is 0 Å². The molecule has 1 heterocycles. The number of hydrogen-bond acceptors (Lipinski definition) is 3. The molecule has 1 saturated carbocycles. The second kappa shape index (κ2) is 7.76. The first-order valence-electron chi connectivity index (χ1n) is 9.00. The van der Waals surface area contributed by atoms with Crippen LogP contribution >= 0.6 is 0 Å². The number of hydrogen-bond donors (Lipinski definition) is 1. The van der Waals surface area contributed by atoms with Crippen LogP contribution in [-0.4, -0.2) is 19.8 Å². The summed E-state index contributed by atoms with van der Waals surface area (Å²) >= 11 is 0. The van der Waals surface area contributed by atoms with E-state index in [0.717, 1.165) is 42.5 Å². The minimum absolute atomic E-state index is 0.193. The van der Waals surface area contributed by atoms with Crippen molar-refractivity contribution in [2.75, 3.05) is 19.0 Å². The largest absolute Gasteiger partial charge is 0.502 e. The Morgan fingerprint density at radius 1 is 1.30 bits per heavy atom. The predicted molar refractivity (Wildman–Crippen MR) is 95.0 cm³/mol. The lowest BCUT2D eigenvalue weighted by molar-refractivity contribution is 0.183. The SMILES string of the molecule is C=C(CC[C@H]1CNc2cc(CC3CCCCC3)ccc2O1)OC. The zero-order chi connectivity index (χ0) is 16.1. The molecular formula is C20H29NO2. The summed E-state index contributed by atoms with van der Waals surface area (Å²) in [5.41, 5.74) is 2.60. The molecule has 1 aliphatic heterocycles. The Labute approximate surface area is 140 Å². The first-order valence-corrected chi connectivity index (χ1v) is 9.00. The minimum Gasteiger partial charge on any atom is -0.502 e. The van der Waals surface area contributed by atoms with Crippen molar-refractivity contribution in [3.05, 3.63) is 36.1 Å². The predicted octanol–water partition coefficient (Wildman–Crippen LogP) is 4.92. The van der Waals surface area contributed by atoms with E-state index in [-0.39, 0.29) is 6.10 Å². The Morgan fingerprint density at radius 2 is 2.13 bits per heavy atom. The summed E-state index contributed by atoms with van der Waals surface area (Å²) in [6.45, 7) is 4.73. The smallest absolute Gasteiger partial charge is 0.142 e. The lowest BCUT2D eigenvalue weighted by atomic mass is 9.85. The first-order chi connectivity index (χ1) is 11.2. The van der Waals surface area contributed by atoms with Gasteiger partial charge in [0.25, 0.3) is 0 Å². The third kappa shape index (κ3) is 4.43. The van der Waals surface area contributed by atoms with Crippen molar-refractivity contribution in [2.24, 2.45) is 5.92 Å². The number of methoxy groups -OCH3 is 1. The van der Waals surface area contributed by atoms with Crippen molar-refractivity contribution in [3.63, 3.8) is 0 Å². The summed E-state index contributed by atoms with van der Waals surface area (Å²) in [5.74, 6) is 2.68. The van der Waals surface area contributed by atoms with E-state index in [2.05, 4.69) is 30.1 Å². The zero-order valence-corrected chi connectivity index (χ0v) is 14.3. The van der Waals surface area contributed by atoms with E-state index >= 15 is 0 Å². The van der Waals surface area contributed by atoms with E-state index in [1.165, 1.54) is 44.1 Å². The zero-order valence-electron chi connectivity index (χ0n) is 14.3. The molecule has 1 atom stereocenters. The van der Waals surface area contributed by atoms with E-state index < -0.39 is 0 Å². The van der Waals surface area contributed by atoms with Gasteiger partial charge >= 0.3 is 0 Å². The molecule has 23 heavy (non-hydrogen) atoms. The molecule has 1 fully saturated rings. The maximum absolute atomic E-state index is 6.11. The van der Waals surface area contributed by atoms with Gasteiger partial charge in [-0.25, -0.2) is 0 Å². The highest BCUT2D eigenvalue weighted by Gasteiger charge is 2.20. The van der Waals surface area contributed by atoms with Crippen molar-refractivity contribution >= 4 is 5.69 Å². The van der Waals surface area contributed by atoms with Crippen LogP contribution in [0.4, 0.5) is 5.69 Å². The second-order valence-corrected chi connectivity index (χ2v) is 6.94. The lowest BCUT2D eigenvalue weighted by Gasteiger charge is -2.28. The summed E-state index contributed by atoms with van der Waals surface area (Å²) in [4.78, 5) is 0. The van der Waals surface area contributed by atoms with Gasteiger partial charge in [0.2, 0.25) is 0 Å². The number of allylic oxidation sites excluding steroid dienone is 1. The molecule has 1 N–H and O–H groups in total. The summed E-state index contributed by atoms with van der Waals surface area (Å²) in [6, 6.07) is 6.66. The standard InChI is InChI=1S/C20H29NO2/c1-15(22-2)8-10-18-14-21-19-13-17(9-11-20(19)23-18)12-16-6-4-3-5-7-16/h9,11,13,16,18,21H,1,3-8,10,12,14H2,2H3/t18-/m0/s1. The van der Waals surface area contributed by atoms with Crippen LogP contribution in [0.5, 0.6) is 5.75 Å². The van der Waals surface area contributed by atoms with Crippen molar-refractivity contribution in [3.8, 4) is 5.75 Å². The van der Waals surface area contributed by atoms with Crippen molar-refractivity contribution in [1.82, 2.24) is 0 Å². The maximum atomic E-state index is 6.11. The Balaban J connectivity index is 1.56. The van der Waals surface area contributed by atoms with Gasteiger partial charge < -0.3 is 14.8 Å². The van der Waals surface area contributed by atoms with Crippen LogP contribution in [-0.2, 0) is 11.2 Å². The highest BCUT2D eigenvalue weighted by Crippen LogP contribution is 2.33. The van der Waals surface area contributed by atoms with E-state index in [4.69, 9.17) is 9.47 Å². The van der Waals surface area contributed by atoms with Crippen LogP contribution in [0, 0.1) is 5.92 Å². The molecule has 0 spiro atoms. The summed E-state index contributed by atoms with van der Waals surface area (Å²) in [5, 5.41) is 3.54. The average Bonchev–Trinajstić information content (AvgIpc) is 2.60. The average molecular weight is 315 g/mol. The first kappa shape index (κ1) is 16.2. The molecule has 1 aromatic carbocycles. The minimum atomic E-state index is 0.193. The molecule has 0 saturated heterocycles. The quantitative estimate of drug-likeness (QED) is 0.756. The fourth-order valence-corrected chi connectivity index (χ4v) is 3.70. The van der Waals surface area contributed by atoms with Crippen LogP contribution in [0.15, 0.2) is 30.5 Å². The van der Waals surface area contributed by atoms with E-state index in [9.17, 15) is 0 Å². The third-order valence-electron chi connectivity index (χ3n) is 5.14. The number of rotatable bonds is 6. The summed E-state index contributed by atoms with van der Waals surface area (Å²) in [7, 11) is 1.67. The van der Waals surface area contributed by atoms with Crippen LogP contribution in [0.1, 0.15) is 50.5 Å². The third-order valence-corrected chi connectivity index (χ3v) is 5.14. The number of benzene rings is 1. The van der Waals surface area contributed by atoms with Gasteiger partial charge in [-0.3, -0.25) is 0 Å². The molecule has 3 nitrogen and oxygen atoms in total. The topological polar surface area (TPSA) is 30.5 Å².